The summed E-state index contributed by atoms with van der Waals surface area (Å²) in [7, 11) is 0. The average molecular weight is 246 g/mol. The van der Waals surface area contributed by atoms with Crippen molar-refractivity contribution >= 4 is 11.9 Å². The Morgan fingerprint density at radius 2 is 1.59 bits per heavy atom. The molecular formula is C11H18O6. The molecule has 1 aliphatic rings. The maximum Gasteiger partial charge on any atom is 0.366 e. The zero-order valence-corrected chi connectivity index (χ0v) is 10.1. The summed E-state index contributed by atoms with van der Waals surface area (Å²) in [5.74, 6) is -4.04. The number of cyclic esters (lactones) is 2. The van der Waals surface area contributed by atoms with Crippen molar-refractivity contribution in [2.45, 2.75) is 57.5 Å². The van der Waals surface area contributed by atoms with E-state index in [2.05, 4.69) is 4.74 Å². The lowest BCUT2D eigenvalue weighted by Gasteiger charge is -2.38. The number of carbonyl (C=O) groups is 2. The first-order chi connectivity index (χ1) is 7.81. The van der Waals surface area contributed by atoms with Gasteiger partial charge in [-0.15, -0.1) is 0 Å². The first-order valence-electron chi connectivity index (χ1n) is 5.69. The number of esters is 2. The minimum atomic E-state index is -2.80. The van der Waals surface area contributed by atoms with Crippen molar-refractivity contribution in [2.24, 2.45) is 0 Å². The topological polar surface area (TPSA) is 93.1 Å². The number of hydrogen-bond donors (Lipinski definition) is 2. The molecule has 0 aromatic heterocycles. The molecule has 0 saturated carbocycles. The summed E-state index contributed by atoms with van der Waals surface area (Å²) in [4.78, 5) is 22.8. The summed E-state index contributed by atoms with van der Waals surface area (Å²) in [6.07, 6.45) is 1.28. The summed E-state index contributed by atoms with van der Waals surface area (Å²) in [6.45, 7) is 2.92. The molecule has 1 saturated heterocycles. The van der Waals surface area contributed by atoms with Crippen LogP contribution in [0.5, 0.6) is 0 Å². The number of hydrogen-bond acceptors (Lipinski definition) is 6. The molecule has 0 aliphatic carbocycles. The number of aliphatic hydroxyl groups is 2. The first kappa shape index (κ1) is 13.9. The first-order valence-corrected chi connectivity index (χ1v) is 5.69. The van der Waals surface area contributed by atoms with E-state index >= 15 is 0 Å². The normalized spacial score (nSPS) is 30.4. The molecule has 1 rings (SSSR count). The van der Waals surface area contributed by atoms with Gasteiger partial charge in [-0.25, -0.2) is 0 Å². The third-order valence-corrected chi connectivity index (χ3v) is 2.97. The number of carbonyl (C=O) groups excluding carboxylic acids is 2. The lowest BCUT2D eigenvalue weighted by atomic mass is 9.99. The van der Waals surface area contributed by atoms with Gasteiger partial charge in [-0.3, -0.25) is 9.59 Å². The van der Waals surface area contributed by atoms with Crippen LogP contribution in [0.3, 0.4) is 0 Å². The Labute approximate surface area is 99.5 Å². The molecule has 0 radical (unpaired) electrons. The predicted molar refractivity (Wildman–Crippen MR) is 56.5 cm³/mol. The Morgan fingerprint density at radius 3 is 2.06 bits per heavy atom. The number of ether oxygens (including phenoxy) is 2. The highest BCUT2D eigenvalue weighted by molar-refractivity contribution is 5.72. The largest absolute Gasteiger partial charge is 0.449 e. The predicted octanol–water partition coefficient (Wildman–Crippen LogP) is 0.454. The monoisotopic (exact) mass is 246 g/mol. The van der Waals surface area contributed by atoms with Crippen LogP contribution in [0, 0.1) is 0 Å². The molecule has 6 nitrogen and oxygen atoms in total. The molecule has 0 spiro atoms. The van der Waals surface area contributed by atoms with E-state index in [1.807, 2.05) is 0 Å². The Bertz CT molecular complexity index is 311. The van der Waals surface area contributed by atoms with E-state index in [0.717, 1.165) is 0 Å². The van der Waals surface area contributed by atoms with Crippen molar-refractivity contribution in [3.8, 4) is 0 Å². The Kier molecular flexibility index (Phi) is 4.11. The second kappa shape index (κ2) is 5.01. The molecule has 0 amide bonds. The summed E-state index contributed by atoms with van der Waals surface area (Å²) in [5.41, 5.74) is -1.66. The zero-order valence-electron chi connectivity index (χ0n) is 10.1. The zero-order chi connectivity index (χ0) is 13.1. The van der Waals surface area contributed by atoms with Gasteiger partial charge in [-0.2, -0.15) is 0 Å². The van der Waals surface area contributed by atoms with Crippen LogP contribution in [0.15, 0.2) is 0 Å². The van der Waals surface area contributed by atoms with Gasteiger partial charge in [0.2, 0.25) is 5.60 Å². The molecular weight excluding hydrogens is 228 g/mol. The fourth-order valence-corrected chi connectivity index (χ4v) is 1.53. The highest BCUT2D eigenvalue weighted by Gasteiger charge is 2.52. The summed E-state index contributed by atoms with van der Waals surface area (Å²) < 4.78 is 9.57. The fraction of sp³-hybridized carbons (Fsp3) is 0.818. The van der Waals surface area contributed by atoms with Gasteiger partial charge in [0, 0.05) is 12.8 Å². The van der Waals surface area contributed by atoms with Gasteiger partial charge < -0.3 is 19.7 Å². The third kappa shape index (κ3) is 3.17. The van der Waals surface area contributed by atoms with Gasteiger partial charge in [-0.1, -0.05) is 6.92 Å². The molecule has 0 aromatic rings. The molecule has 6 heteroatoms. The molecule has 1 fully saturated rings. The summed E-state index contributed by atoms with van der Waals surface area (Å²) >= 11 is 0. The molecule has 98 valence electrons. The summed E-state index contributed by atoms with van der Waals surface area (Å²) in [5, 5.41) is 19.5. The Morgan fingerprint density at radius 1 is 1.12 bits per heavy atom. The highest BCUT2D eigenvalue weighted by atomic mass is 16.8. The van der Waals surface area contributed by atoms with Gasteiger partial charge >= 0.3 is 17.9 Å². The van der Waals surface area contributed by atoms with Gasteiger partial charge in [0.15, 0.2) is 0 Å². The minimum Gasteiger partial charge on any atom is -0.449 e. The molecule has 1 heterocycles. The van der Waals surface area contributed by atoms with Crippen LogP contribution < -0.4 is 0 Å². The van der Waals surface area contributed by atoms with Gasteiger partial charge in [0.25, 0.3) is 0 Å². The van der Waals surface area contributed by atoms with Gasteiger partial charge in [0.05, 0.1) is 0 Å². The van der Waals surface area contributed by atoms with Crippen molar-refractivity contribution in [3.63, 3.8) is 0 Å². The van der Waals surface area contributed by atoms with E-state index in [-0.39, 0.29) is 19.3 Å². The van der Waals surface area contributed by atoms with Crippen molar-refractivity contribution in [1.82, 2.24) is 0 Å². The molecule has 0 aromatic carbocycles. The van der Waals surface area contributed by atoms with Crippen LogP contribution in [-0.4, -0.2) is 33.7 Å². The minimum absolute atomic E-state index is 0.0515. The lowest BCUT2D eigenvalue weighted by Crippen LogP contribution is -2.57. The van der Waals surface area contributed by atoms with Crippen molar-refractivity contribution < 1.29 is 29.3 Å². The average Bonchev–Trinajstić information content (AvgIpc) is 2.22. The number of rotatable bonds is 1. The van der Waals surface area contributed by atoms with Crippen molar-refractivity contribution in [3.05, 3.63) is 0 Å². The second-order valence-corrected chi connectivity index (χ2v) is 4.35. The van der Waals surface area contributed by atoms with E-state index in [0.29, 0.717) is 12.8 Å². The smallest absolute Gasteiger partial charge is 0.366 e. The molecule has 0 bridgehead atoms. The molecule has 1 unspecified atom stereocenters. The lowest BCUT2D eigenvalue weighted by molar-refractivity contribution is -0.389. The van der Waals surface area contributed by atoms with Crippen molar-refractivity contribution in [1.29, 1.82) is 0 Å². The quantitative estimate of drug-likeness (QED) is 0.515. The van der Waals surface area contributed by atoms with Crippen LogP contribution in [0.25, 0.3) is 0 Å². The Hall–Kier alpha value is -1.14. The summed E-state index contributed by atoms with van der Waals surface area (Å²) in [6, 6.07) is 0. The van der Waals surface area contributed by atoms with Gasteiger partial charge in [-0.05, 0) is 26.2 Å². The third-order valence-electron chi connectivity index (χ3n) is 2.97. The highest BCUT2D eigenvalue weighted by Crippen LogP contribution is 2.31. The van der Waals surface area contributed by atoms with Crippen molar-refractivity contribution in [2.75, 3.05) is 0 Å². The van der Waals surface area contributed by atoms with E-state index in [4.69, 9.17) is 4.74 Å². The Balaban J connectivity index is 2.95. The van der Waals surface area contributed by atoms with Crippen LogP contribution in [0.2, 0.25) is 0 Å². The molecule has 1 aliphatic heterocycles. The molecule has 2 N–H and O–H groups in total. The van der Waals surface area contributed by atoms with E-state index in [9.17, 15) is 19.8 Å². The molecule has 1 atom stereocenters. The van der Waals surface area contributed by atoms with Crippen LogP contribution in [-0.2, 0) is 19.1 Å². The maximum absolute atomic E-state index is 11.5. The fourth-order valence-electron chi connectivity index (χ4n) is 1.53. The maximum atomic E-state index is 11.5. The van der Waals surface area contributed by atoms with E-state index in [1.165, 1.54) is 6.92 Å². The SMILES string of the molecule is CCC1(C)OC(=O)CCCCC(=O)OC1(O)O. The van der Waals surface area contributed by atoms with E-state index < -0.39 is 23.5 Å². The standard InChI is InChI=1S/C11H18O6/c1-3-10(2)11(14,15)17-9(13)7-5-4-6-8(12)16-10/h14-15H,3-7H2,1-2H3. The van der Waals surface area contributed by atoms with Crippen LogP contribution >= 0.6 is 0 Å². The van der Waals surface area contributed by atoms with Crippen LogP contribution in [0.1, 0.15) is 46.0 Å². The van der Waals surface area contributed by atoms with Gasteiger partial charge in [0.1, 0.15) is 0 Å². The second-order valence-electron chi connectivity index (χ2n) is 4.35. The van der Waals surface area contributed by atoms with Crippen LogP contribution in [0.4, 0.5) is 0 Å². The van der Waals surface area contributed by atoms with E-state index in [1.54, 1.807) is 6.92 Å². The molecule has 17 heavy (non-hydrogen) atoms.